The van der Waals surface area contributed by atoms with Crippen LogP contribution in [0.25, 0.3) is 11.1 Å². The number of aromatic nitrogens is 1. The molecule has 2 aliphatic rings. The third-order valence-electron chi connectivity index (χ3n) is 5.40. The molecule has 0 radical (unpaired) electrons. The van der Waals surface area contributed by atoms with Gasteiger partial charge in [0.25, 0.3) is 5.56 Å². The summed E-state index contributed by atoms with van der Waals surface area (Å²) < 4.78 is 43.2. The summed E-state index contributed by atoms with van der Waals surface area (Å²) >= 11 is 0. The van der Waals surface area contributed by atoms with Crippen molar-refractivity contribution in [1.29, 1.82) is 0 Å². The van der Waals surface area contributed by atoms with Gasteiger partial charge in [-0.25, -0.2) is 0 Å². The minimum Gasteiger partial charge on any atom is -0.406 e. The molecular formula is C20H19F3N2O3. The van der Waals surface area contributed by atoms with Crippen LogP contribution in [0.4, 0.5) is 13.2 Å². The van der Waals surface area contributed by atoms with Crippen molar-refractivity contribution in [2.75, 3.05) is 13.1 Å². The van der Waals surface area contributed by atoms with Crippen LogP contribution in [-0.4, -0.2) is 34.8 Å². The lowest BCUT2D eigenvalue weighted by molar-refractivity contribution is -0.274. The van der Waals surface area contributed by atoms with Crippen molar-refractivity contribution in [3.63, 3.8) is 0 Å². The van der Waals surface area contributed by atoms with Crippen LogP contribution >= 0.6 is 0 Å². The molecule has 0 saturated carbocycles. The highest BCUT2D eigenvalue weighted by molar-refractivity contribution is 5.73. The topological polar surface area (TPSA) is 51.5 Å². The van der Waals surface area contributed by atoms with Gasteiger partial charge in [-0.1, -0.05) is 12.1 Å². The SMILES string of the molecule is CC(=O)N1C[C@@H]2C[C@H](C1)c1cc(-c3cccc(OC(F)(F)F)c3)cc(=O)n1C2. The van der Waals surface area contributed by atoms with Gasteiger partial charge in [0.1, 0.15) is 5.75 Å². The number of pyridine rings is 1. The second-order valence-electron chi connectivity index (χ2n) is 7.42. The third-order valence-corrected chi connectivity index (χ3v) is 5.40. The molecule has 0 N–H and O–H groups in total. The number of amides is 1. The monoisotopic (exact) mass is 392 g/mol. The summed E-state index contributed by atoms with van der Waals surface area (Å²) in [5.41, 5.74) is 1.67. The molecule has 0 unspecified atom stereocenters. The molecule has 4 rings (SSSR count). The van der Waals surface area contributed by atoms with Crippen LogP contribution < -0.4 is 10.3 Å². The van der Waals surface area contributed by atoms with Crippen LogP contribution in [0.5, 0.6) is 5.75 Å². The number of fused-ring (bicyclic) bond motifs is 4. The molecule has 1 saturated heterocycles. The fourth-order valence-corrected chi connectivity index (χ4v) is 4.26. The molecule has 1 fully saturated rings. The molecule has 0 spiro atoms. The number of nitrogens with zero attached hydrogens (tertiary/aromatic N) is 2. The molecule has 2 atom stereocenters. The Morgan fingerprint density at radius 2 is 1.89 bits per heavy atom. The smallest absolute Gasteiger partial charge is 0.406 e. The van der Waals surface area contributed by atoms with E-state index >= 15 is 0 Å². The van der Waals surface area contributed by atoms with E-state index in [1.165, 1.54) is 31.2 Å². The fourth-order valence-electron chi connectivity index (χ4n) is 4.26. The van der Waals surface area contributed by atoms with Crippen LogP contribution in [-0.2, 0) is 11.3 Å². The number of benzene rings is 1. The molecule has 2 bridgehead atoms. The lowest BCUT2D eigenvalue weighted by atomic mass is 9.82. The minimum atomic E-state index is -4.78. The molecule has 1 aromatic heterocycles. The summed E-state index contributed by atoms with van der Waals surface area (Å²) in [5, 5.41) is 0. The Morgan fingerprint density at radius 1 is 1.11 bits per heavy atom. The summed E-state index contributed by atoms with van der Waals surface area (Å²) in [6.07, 6.45) is -3.88. The number of likely N-dealkylation sites (tertiary alicyclic amines) is 1. The van der Waals surface area contributed by atoms with Crippen LogP contribution in [0.1, 0.15) is 25.0 Å². The van der Waals surface area contributed by atoms with Gasteiger partial charge in [-0.2, -0.15) is 0 Å². The number of hydrogen-bond donors (Lipinski definition) is 0. The van der Waals surface area contributed by atoms with E-state index in [4.69, 9.17) is 0 Å². The Hall–Kier alpha value is -2.77. The average Bonchev–Trinajstić information content (AvgIpc) is 2.61. The van der Waals surface area contributed by atoms with Gasteiger partial charge in [0.05, 0.1) is 0 Å². The van der Waals surface area contributed by atoms with E-state index in [2.05, 4.69) is 4.74 Å². The first-order chi connectivity index (χ1) is 13.2. The lowest BCUT2D eigenvalue weighted by Crippen LogP contribution is -2.48. The summed E-state index contributed by atoms with van der Waals surface area (Å²) in [5.74, 6) is -0.0390. The van der Waals surface area contributed by atoms with Crippen molar-refractivity contribution in [1.82, 2.24) is 9.47 Å². The van der Waals surface area contributed by atoms with Crippen molar-refractivity contribution in [3.05, 3.63) is 52.4 Å². The summed E-state index contributed by atoms with van der Waals surface area (Å²) in [6.45, 7) is 3.28. The van der Waals surface area contributed by atoms with Crippen molar-refractivity contribution < 1.29 is 22.7 Å². The predicted octanol–water partition coefficient (Wildman–Crippen LogP) is 3.38. The zero-order valence-corrected chi connectivity index (χ0v) is 15.2. The van der Waals surface area contributed by atoms with E-state index in [1.807, 2.05) is 6.07 Å². The predicted molar refractivity (Wildman–Crippen MR) is 95.9 cm³/mol. The Labute approximate surface area is 159 Å². The highest BCUT2D eigenvalue weighted by Gasteiger charge is 2.36. The van der Waals surface area contributed by atoms with Gasteiger partial charge in [0.2, 0.25) is 5.91 Å². The van der Waals surface area contributed by atoms with Crippen molar-refractivity contribution in [3.8, 4) is 16.9 Å². The molecule has 2 aliphatic heterocycles. The molecule has 3 heterocycles. The Bertz CT molecular complexity index is 983. The fraction of sp³-hybridized carbons (Fsp3) is 0.400. The van der Waals surface area contributed by atoms with E-state index in [1.54, 1.807) is 15.5 Å². The quantitative estimate of drug-likeness (QED) is 0.787. The molecule has 5 nitrogen and oxygen atoms in total. The Morgan fingerprint density at radius 3 is 2.61 bits per heavy atom. The van der Waals surface area contributed by atoms with Crippen molar-refractivity contribution in [2.45, 2.75) is 32.2 Å². The van der Waals surface area contributed by atoms with Gasteiger partial charge >= 0.3 is 6.36 Å². The van der Waals surface area contributed by atoms with E-state index in [0.717, 1.165) is 12.1 Å². The molecular weight excluding hydrogens is 373 g/mol. The minimum absolute atomic E-state index is 0.0126. The van der Waals surface area contributed by atoms with E-state index in [-0.39, 0.29) is 29.1 Å². The molecule has 1 amide bonds. The summed E-state index contributed by atoms with van der Waals surface area (Å²) in [4.78, 5) is 26.3. The number of hydrogen-bond acceptors (Lipinski definition) is 3. The van der Waals surface area contributed by atoms with E-state index < -0.39 is 6.36 Å². The largest absolute Gasteiger partial charge is 0.573 e. The van der Waals surface area contributed by atoms with Crippen LogP contribution in [0.3, 0.4) is 0 Å². The first-order valence-corrected chi connectivity index (χ1v) is 9.06. The number of rotatable bonds is 2. The molecule has 2 aromatic rings. The maximum Gasteiger partial charge on any atom is 0.573 e. The number of carbonyl (C=O) groups is 1. The highest BCUT2D eigenvalue weighted by Crippen LogP contribution is 2.37. The molecule has 148 valence electrons. The average molecular weight is 392 g/mol. The van der Waals surface area contributed by atoms with Crippen molar-refractivity contribution in [2.24, 2.45) is 5.92 Å². The van der Waals surface area contributed by atoms with Crippen LogP contribution in [0, 0.1) is 5.92 Å². The number of carbonyl (C=O) groups excluding carboxylic acids is 1. The molecule has 1 aromatic carbocycles. The zero-order chi connectivity index (χ0) is 20.1. The maximum absolute atomic E-state index is 12.7. The second-order valence-corrected chi connectivity index (χ2v) is 7.42. The number of ether oxygens (including phenoxy) is 1. The van der Waals surface area contributed by atoms with Gasteiger partial charge in [0.15, 0.2) is 0 Å². The summed E-state index contributed by atoms with van der Waals surface area (Å²) in [7, 11) is 0. The molecule has 8 heteroatoms. The highest BCUT2D eigenvalue weighted by atomic mass is 19.4. The van der Waals surface area contributed by atoms with Crippen molar-refractivity contribution >= 4 is 5.91 Å². The Balaban J connectivity index is 1.72. The van der Waals surface area contributed by atoms with E-state index in [9.17, 15) is 22.8 Å². The first kappa shape index (κ1) is 18.6. The number of alkyl halides is 3. The summed E-state index contributed by atoms with van der Waals surface area (Å²) in [6, 6.07) is 8.88. The molecule has 28 heavy (non-hydrogen) atoms. The maximum atomic E-state index is 12.7. The Kier molecular flexibility index (Phi) is 4.44. The lowest BCUT2D eigenvalue weighted by Gasteiger charge is -2.42. The normalized spacial score (nSPS) is 21.2. The number of piperidine rings is 1. The second kappa shape index (κ2) is 6.68. The van der Waals surface area contributed by atoms with Crippen LogP contribution in [0.15, 0.2) is 41.2 Å². The van der Waals surface area contributed by atoms with Gasteiger partial charge < -0.3 is 14.2 Å². The van der Waals surface area contributed by atoms with Crippen LogP contribution in [0.2, 0.25) is 0 Å². The van der Waals surface area contributed by atoms with Gasteiger partial charge in [-0.05, 0) is 41.7 Å². The zero-order valence-electron chi connectivity index (χ0n) is 15.2. The van der Waals surface area contributed by atoms with Gasteiger partial charge in [-0.3, -0.25) is 9.59 Å². The number of halogens is 3. The van der Waals surface area contributed by atoms with E-state index in [0.29, 0.717) is 30.8 Å². The molecule has 0 aliphatic carbocycles. The van der Waals surface area contributed by atoms with Gasteiger partial charge in [0, 0.05) is 44.2 Å². The van der Waals surface area contributed by atoms with Gasteiger partial charge in [-0.15, -0.1) is 13.2 Å². The standard InChI is InChI=1S/C20H19F3N2O3/c1-12(26)24-9-13-5-16(11-24)18-7-15(8-19(27)25(18)10-13)14-3-2-4-17(6-14)28-20(21,22)23/h2-4,6-8,13,16H,5,9-11H2,1H3/t13-,16+/m0/s1. The first-order valence-electron chi connectivity index (χ1n) is 9.06. The third kappa shape index (κ3) is 3.63.